The van der Waals surface area contributed by atoms with Crippen molar-refractivity contribution in [2.75, 3.05) is 33.0 Å². The molecule has 5 nitrogen and oxygen atoms in total. The number of halogens is 1. The fraction of sp³-hybridized carbons (Fsp3) is 1.00. The smallest absolute Gasteiger partial charge is 0.228 e. The highest BCUT2D eigenvalue weighted by Crippen LogP contribution is 2.30. The first-order valence-electron chi connectivity index (χ1n) is 11.4. The van der Waals surface area contributed by atoms with E-state index in [-0.39, 0.29) is 6.10 Å². The second kappa shape index (κ2) is 16.5. The van der Waals surface area contributed by atoms with Gasteiger partial charge in [0.2, 0.25) is 6.36 Å². The van der Waals surface area contributed by atoms with Crippen molar-refractivity contribution in [3.05, 3.63) is 0 Å². The van der Waals surface area contributed by atoms with Gasteiger partial charge in [0.15, 0.2) is 0 Å². The predicted molar refractivity (Wildman–Crippen MR) is 109 cm³/mol. The fourth-order valence-electron chi connectivity index (χ4n) is 3.10. The second-order valence-corrected chi connectivity index (χ2v) is 7.52. The van der Waals surface area contributed by atoms with Gasteiger partial charge in [0.25, 0.3) is 0 Å². The van der Waals surface area contributed by atoms with Gasteiger partial charge in [-0.2, -0.15) is 0 Å². The molecule has 1 saturated heterocycles. The standard InChI is InChI=1S/C22H43FO5/c1-5-9-13-24-17-18-19(25-14-10-6-2)20(26-15-11-7-3)21(22(23)28-18)27-16-12-8-4/h18-22H,5-17H2,1-4H3. The molecule has 0 aromatic rings. The molecule has 6 heteroatoms. The molecule has 1 aliphatic heterocycles. The summed E-state index contributed by atoms with van der Waals surface area (Å²) in [7, 11) is 0. The van der Waals surface area contributed by atoms with Crippen molar-refractivity contribution in [2.24, 2.45) is 0 Å². The van der Waals surface area contributed by atoms with Crippen molar-refractivity contribution < 1.29 is 28.1 Å². The summed E-state index contributed by atoms with van der Waals surface area (Å²) in [6.45, 7) is 11.1. The molecule has 1 rings (SSSR count). The Morgan fingerprint density at radius 3 is 1.64 bits per heavy atom. The van der Waals surface area contributed by atoms with Gasteiger partial charge in [0.05, 0.1) is 6.61 Å². The molecule has 0 saturated carbocycles. The molecule has 168 valence electrons. The van der Waals surface area contributed by atoms with Crippen LogP contribution < -0.4 is 0 Å². The minimum Gasteiger partial charge on any atom is -0.379 e. The zero-order valence-corrected chi connectivity index (χ0v) is 18.5. The van der Waals surface area contributed by atoms with Gasteiger partial charge in [-0.05, 0) is 25.7 Å². The molecule has 0 aromatic carbocycles. The summed E-state index contributed by atoms with van der Waals surface area (Å²) in [5.41, 5.74) is 0. The zero-order valence-electron chi connectivity index (χ0n) is 18.5. The summed E-state index contributed by atoms with van der Waals surface area (Å²) in [4.78, 5) is 0. The van der Waals surface area contributed by atoms with E-state index in [4.69, 9.17) is 23.7 Å². The van der Waals surface area contributed by atoms with E-state index < -0.39 is 24.7 Å². The summed E-state index contributed by atoms with van der Waals surface area (Å²) >= 11 is 0. The molecule has 1 heterocycles. The van der Waals surface area contributed by atoms with Crippen LogP contribution in [0.2, 0.25) is 0 Å². The largest absolute Gasteiger partial charge is 0.379 e. The van der Waals surface area contributed by atoms with Gasteiger partial charge >= 0.3 is 0 Å². The number of ether oxygens (including phenoxy) is 5. The molecular formula is C22H43FO5. The van der Waals surface area contributed by atoms with E-state index in [1.54, 1.807) is 0 Å². The molecule has 1 aliphatic rings. The van der Waals surface area contributed by atoms with Crippen molar-refractivity contribution in [1.82, 2.24) is 0 Å². The lowest BCUT2D eigenvalue weighted by Crippen LogP contribution is -2.60. The van der Waals surface area contributed by atoms with Crippen LogP contribution in [0.4, 0.5) is 4.39 Å². The number of hydrogen-bond donors (Lipinski definition) is 0. The number of unbranched alkanes of at least 4 members (excludes halogenated alkanes) is 4. The van der Waals surface area contributed by atoms with E-state index in [0.717, 1.165) is 51.4 Å². The molecule has 0 aliphatic carbocycles. The summed E-state index contributed by atoms with van der Waals surface area (Å²) < 4.78 is 44.4. The molecule has 0 spiro atoms. The van der Waals surface area contributed by atoms with Gasteiger partial charge in [0, 0.05) is 26.4 Å². The lowest BCUT2D eigenvalue weighted by Gasteiger charge is -2.43. The highest BCUT2D eigenvalue weighted by molar-refractivity contribution is 4.92. The molecular weight excluding hydrogens is 363 g/mol. The van der Waals surface area contributed by atoms with Crippen LogP contribution >= 0.6 is 0 Å². The van der Waals surface area contributed by atoms with Crippen molar-refractivity contribution in [3.63, 3.8) is 0 Å². The highest BCUT2D eigenvalue weighted by atomic mass is 19.1. The first kappa shape index (κ1) is 25.8. The van der Waals surface area contributed by atoms with E-state index >= 15 is 0 Å². The number of alkyl halides is 1. The highest BCUT2D eigenvalue weighted by Gasteiger charge is 2.48. The van der Waals surface area contributed by atoms with Crippen molar-refractivity contribution in [1.29, 1.82) is 0 Å². The van der Waals surface area contributed by atoms with Crippen LogP contribution in [0.15, 0.2) is 0 Å². The predicted octanol–water partition coefficient (Wildman–Crippen LogP) is 5.05. The van der Waals surface area contributed by atoms with Gasteiger partial charge < -0.3 is 23.7 Å². The van der Waals surface area contributed by atoms with E-state index in [1.807, 2.05) is 0 Å². The minimum absolute atomic E-state index is 0.312. The van der Waals surface area contributed by atoms with Gasteiger partial charge in [-0.25, -0.2) is 4.39 Å². The third-order valence-corrected chi connectivity index (χ3v) is 4.93. The van der Waals surface area contributed by atoms with Crippen LogP contribution in [0.5, 0.6) is 0 Å². The van der Waals surface area contributed by atoms with Crippen LogP contribution in [0.3, 0.4) is 0 Å². The Morgan fingerprint density at radius 2 is 1.11 bits per heavy atom. The van der Waals surface area contributed by atoms with Crippen LogP contribution in [0.25, 0.3) is 0 Å². The number of hydrogen-bond acceptors (Lipinski definition) is 5. The van der Waals surface area contributed by atoms with E-state index in [9.17, 15) is 4.39 Å². The second-order valence-electron chi connectivity index (χ2n) is 7.52. The molecule has 0 amide bonds. The van der Waals surface area contributed by atoms with Gasteiger partial charge in [0.1, 0.15) is 24.4 Å². The van der Waals surface area contributed by atoms with Crippen LogP contribution in [0, 0.1) is 0 Å². The lowest BCUT2D eigenvalue weighted by atomic mass is 9.98. The molecule has 0 N–H and O–H groups in total. The average molecular weight is 407 g/mol. The van der Waals surface area contributed by atoms with E-state index in [1.165, 1.54) is 0 Å². The van der Waals surface area contributed by atoms with Gasteiger partial charge in [-0.15, -0.1) is 0 Å². The molecule has 0 radical (unpaired) electrons. The van der Waals surface area contributed by atoms with Crippen LogP contribution in [-0.2, 0) is 23.7 Å². The summed E-state index contributed by atoms with van der Waals surface area (Å²) in [5, 5.41) is 0. The maximum absolute atomic E-state index is 14.9. The molecule has 0 aromatic heterocycles. The summed E-state index contributed by atoms with van der Waals surface area (Å²) in [5.74, 6) is 0. The maximum Gasteiger partial charge on any atom is 0.228 e. The fourth-order valence-corrected chi connectivity index (χ4v) is 3.10. The first-order chi connectivity index (χ1) is 13.7. The molecule has 28 heavy (non-hydrogen) atoms. The van der Waals surface area contributed by atoms with Crippen LogP contribution in [-0.4, -0.2) is 63.8 Å². The molecule has 5 unspecified atom stereocenters. The lowest BCUT2D eigenvalue weighted by molar-refractivity contribution is -0.293. The minimum atomic E-state index is -1.53. The first-order valence-corrected chi connectivity index (χ1v) is 11.4. The number of rotatable bonds is 17. The summed E-state index contributed by atoms with van der Waals surface area (Å²) in [6, 6.07) is 0. The normalized spacial score (nSPS) is 28.0. The Hall–Kier alpha value is -0.270. The van der Waals surface area contributed by atoms with Gasteiger partial charge in [-0.1, -0.05) is 53.4 Å². The van der Waals surface area contributed by atoms with E-state index in [0.29, 0.717) is 33.0 Å². The third-order valence-electron chi connectivity index (χ3n) is 4.93. The Labute approximate surface area is 171 Å². The Balaban J connectivity index is 2.84. The zero-order chi connectivity index (χ0) is 20.6. The van der Waals surface area contributed by atoms with Crippen molar-refractivity contribution in [2.45, 2.75) is 110 Å². The van der Waals surface area contributed by atoms with Crippen molar-refractivity contribution >= 4 is 0 Å². The monoisotopic (exact) mass is 406 g/mol. The molecule has 5 atom stereocenters. The topological polar surface area (TPSA) is 46.2 Å². The Kier molecular flexibility index (Phi) is 15.2. The van der Waals surface area contributed by atoms with Crippen molar-refractivity contribution in [3.8, 4) is 0 Å². The summed E-state index contributed by atoms with van der Waals surface area (Å²) in [6.07, 6.45) is 4.20. The Morgan fingerprint density at radius 1 is 0.643 bits per heavy atom. The third kappa shape index (κ3) is 9.49. The van der Waals surface area contributed by atoms with Gasteiger partial charge in [-0.3, -0.25) is 0 Å². The molecule has 0 bridgehead atoms. The SMILES string of the molecule is CCCCOCC1OC(F)C(OCCCC)C(OCCCC)C1OCCCC. The van der Waals surface area contributed by atoms with E-state index in [2.05, 4.69) is 27.7 Å². The quantitative estimate of drug-likeness (QED) is 0.316. The van der Waals surface area contributed by atoms with Crippen LogP contribution in [0.1, 0.15) is 79.1 Å². The average Bonchev–Trinajstić information content (AvgIpc) is 2.69. The maximum atomic E-state index is 14.9. The molecule has 1 fully saturated rings. The Bertz CT molecular complexity index is 358.